The molecule has 1 N–H and O–H groups in total. The van der Waals surface area contributed by atoms with Crippen LogP contribution in [-0.2, 0) is 0 Å². The van der Waals surface area contributed by atoms with Gasteiger partial charge in [0.05, 0.1) is 24.3 Å². The van der Waals surface area contributed by atoms with Gasteiger partial charge < -0.3 is 14.3 Å². The van der Waals surface area contributed by atoms with Crippen LogP contribution in [0.5, 0.6) is 5.75 Å². The van der Waals surface area contributed by atoms with E-state index in [4.69, 9.17) is 14.3 Å². The van der Waals surface area contributed by atoms with Crippen molar-refractivity contribution in [3.63, 3.8) is 0 Å². The molecule has 4 nitrogen and oxygen atoms in total. The average Bonchev–Trinajstić information content (AvgIpc) is 2.63. The quantitative estimate of drug-likeness (QED) is 0.791. The van der Waals surface area contributed by atoms with Crippen LogP contribution in [0.4, 0.5) is 0 Å². The minimum Gasteiger partial charge on any atom is -0.496 e. The zero-order chi connectivity index (χ0) is 10.1. The Morgan fingerprint density at radius 2 is 2.29 bits per heavy atom. The van der Waals surface area contributed by atoms with Gasteiger partial charge in [-0.3, -0.25) is 0 Å². The maximum atomic E-state index is 10.7. The minimum atomic E-state index is -0.999. The van der Waals surface area contributed by atoms with Crippen LogP contribution in [0.25, 0.3) is 11.0 Å². The van der Waals surface area contributed by atoms with Gasteiger partial charge in [-0.1, -0.05) is 0 Å². The standard InChI is InChI=1S/C10H8O4/c1-13-8-4-6(10(11)12)5-9-7(8)2-3-14-9/h2-5H,1H3,(H,11,12). The lowest BCUT2D eigenvalue weighted by Crippen LogP contribution is -1.96. The molecule has 4 heteroatoms. The summed E-state index contributed by atoms with van der Waals surface area (Å²) in [5.74, 6) is -0.491. The van der Waals surface area contributed by atoms with Crippen molar-refractivity contribution < 1.29 is 19.1 Å². The third kappa shape index (κ3) is 1.21. The molecule has 0 atom stereocenters. The number of fused-ring (bicyclic) bond motifs is 1. The van der Waals surface area contributed by atoms with Crippen molar-refractivity contribution in [2.24, 2.45) is 0 Å². The fourth-order valence-electron chi connectivity index (χ4n) is 1.33. The molecule has 72 valence electrons. The summed E-state index contributed by atoms with van der Waals surface area (Å²) >= 11 is 0. The van der Waals surface area contributed by atoms with Crippen LogP contribution in [0.15, 0.2) is 28.9 Å². The van der Waals surface area contributed by atoms with Gasteiger partial charge in [0, 0.05) is 0 Å². The summed E-state index contributed by atoms with van der Waals surface area (Å²) in [6.07, 6.45) is 1.50. The Kier molecular flexibility index (Phi) is 1.89. The van der Waals surface area contributed by atoms with Gasteiger partial charge in [0.1, 0.15) is 11.3 Å². The summed E-state index contributed by atoms with van der Waals surface area (Å²) < 4.78 is 10.2. The molecule has 14 heavy (non-hydrogen) atoms. The molecule has 2 aromatic rings. The molecule has 0 bridgehead atoms. The van der Waals surface area contributed by atoms with Gasteiger partial charge in [-0.05, 0) is 18.2 Å². The normalized spacial score (nSPS) is 10.4. The first kappa shape index (κ1) is 8.62. The van der Waals surface area contributed by atoms with E-state index in [0.717, 1.165) is 5.39 Å². The highest BCUT2D eigenvalue weighted by Gasteiger charge is 2.10. The monoisotopic (exact) mass is 192 g/mol. The molecule has 1 aromatic carbocycles. The fraction of sp³-hybridized carbons (Fsp3) is 0.100. The van der Waals surface area contributed by atoms with E-state index in [0.29, 0.717) is 11.3 Å². The summed E-state index contributed by atoms with van der Waals surface area (Å²) in [6.45, 7) is 0. The molecule has 0 saturated carbocycles. The van der Waals surface area contributed by atoms with Crippen molar-refractivity contribution in [3.05, 3.63) is 30.0 Å². The van der Waals surface area contributed by atoms with E-state index in [9.17, 15) is 4.79 Å². The maximum Gasteiger partial charge on any atom is 0.335 e. The predicted molar refractivity (Wildman–Crippen MR) is 49.7 cm³/mol. The fourth-order valence-corrected chi connectivity index (χ4v) is 1.33. The van der Waals surface area contributed by atoms with Crippen molar-refractivity contribution >= 4 is 16.9 Å². The summed E-state index contributed by atoms with van der Waals surface area (Å²) in [5, 5.41) is 9.58. The Morgan fingerprint density at radius 1 is 1.50 bits per heavy atom. The van der Waals surface area contributed by atoms with Gasteiger partial charge in [0.15, 0.2) is 0 Å². The molecule has 1 aromatic heterocycles. The van der Waals surface area contributed by atoms with E-state index in [1.807, 2.05) is 0 Å². The lowest BCUT2D eigenvalue weighted by Gasteiger charge is -2.02. The van der Waals surface area contributed by atoms with Crippen molar-refractivity contribution in [1.29, 1.82) is 0 Å². The molecule has 0 aliphatic carbocycles. The van der Waals surface area contributed by atoms with Crippen molar-refractivity contribution in [2.45, 2.75) is 0 Å². The number of ether oxygens (including phenoxy) is 1. The molecule has 0 saturated heterocycles. The number of carboxylic acids is 1. The third-order valence-electron chi connectivity index (χ3n) is 2.00. The highest BCUT2D eigenvalue weighted by molar-refractivity contribution is 5.95. The Bertz CT molecular complexity index is 484. The summed E-state index contributed by atoms with van der Waals surface area (Å²) in [4.78, 5) is 10.7. The molecular weight excluding hydrogens is 184 g/mol. The molecule has 0 aliphatic rings. The van der Waals surface area contributed by atoms with Crippen LogP contribution in [0.1, 0.15) is 10.4 Å². The van der Waals surface area contributed by atoms with E-state index in [2.05, 4.69) is 0 Å². The van der Waals surface area contributed by atoms with Gasteiger partial charge in [0.2, 0.25) is 0 Å². The molecule has 2 rings (SSSR count). The molecule has 0 fully saturated rings. The topological polar surface area (TPSA) is 59.7 Å². The smallest absolute Gasteiger partial charge is 0.335 e. The number of furan rings is 1. The van der Waals surface area contributed by atoms with E-state index in [1.165, 1.54) is 25.5 Å². The van der Waals surface area contributed by atoms with E-state index in [-0.39, 0.29) is 5.56 Å². The molecule has 0 unspecified atom stereocenters. The van der Waals surface area contributed by atoms with Crippen LogP contribution in [0.3, 0.4) is 0 Å². The first-order valence-electron chi connectivity index (χ1n) is 4.01. The highest BCUT2D eigenvalue weighted by atomic mass is 16.5. The number of hydrogen-bond acceptors (Lipinski definition) is 3. The first-order chi connectivity index (χ1) is 6.72. The maximum absolute atomic E-state index is 10.7. The Balaban J connectivity index is 2.73. The van der Waals surface area contributed by atoms with Crippen molar-refractivity contribution in [2.75, 3.05) is 7.11 Å². The Labute approximate surface area is 79.7 Å². The minimum absolute atomic E-state index is 0.157. The third-order valence-corrected chi connectivity index (χ3v) is 2.00. The van der Waals surface area contributed by atoms with Crippen LogP contribution in [0, 0.1) is 0 Å². The van der Waals surface area contributed by atoms with Gasteiger partial charge in [-0.15, -0.1) is 0 Å². The average molecular weight is 192 g/mol. The molecular formula is C10H8O4. The number of carboxylic acid groups (broad SMARTS) is 1. The Hall–Kier alpha value is -1.97. The molecule has 1 heterocycles. The van der Waals surface area contributed by atoms with Gasteiger partial charge in [-0.25, -0.2) is 4.79 Å². The summed E-state index contributed by atoms with van der Waals surface area (Å²) in [6, 6.07) is 4.68. The number of methoxy groups -OCH3 is 1. The summed E-state index contributed by atoms with van der Waals surface area (Å²) in [5.41, 5.74) is 0.672. The van der Waals surface area contributed by atoms with E-state index >= 15 is 0 Å². The predicted octanol–water partition coefficient (Wildman–Crippen LogP) is 2.14. The van der Waals surface area contributed by atoms with Crippen molar-refractivity contribution in [1.82, 2.24) is 0 Å². The van der Waals surface area contributed by atoms with E-state index in [1.54, 1.807) is 6.07 Å². The van der Waals surface area contributed by atoms with Crippen molar-refractivity contribution in [3.8, 4) is 5.75 Å². The van der Waals surface area contributed by atoms with Gasteiger partial charge in [-0.2, -0.15) is 0 Å². The second-order valence-electron chi connectivity index (χ2n) is 2.82. The zero-order valence-corrected chi connectivity index (χ0v) is 7.48. The number of hydrogen-bond donors (Lipinski definition) is 1. The first-order valence-corrected chi connectivity index (χ1v) is 4.01. The lowest BCUT2D eigenvalue weighted by atomic mass is 10.1. The SMILES string of the molecule is COc1cc(C(=O)O)cc2occc12. The highest BCUT2D eigenvalue weighted by Crippen LogP contribution is 2.28. The second-order valence-corrected chi connectivity index (χ2v) is 2.82. The van der Waals surface area contributed by atoms with Crippen LogP contribution < -0.4 is 4.74 Å². The molecule has 0 amide bonds. The number of carbonyl (C=O) groups is 1. The molecule has 0 spiro atoms. The van der Waals surface area contributed by atoms with Crippen LogP contribution in [-0.4, -0.2) is 18.2 Å². The van der Waals surface area contributed by atoms with Gasteiger partial charge in [0.25, 0.3) is 0 Å². The lowest BCUT2D eigenvalue weighted by molar-refractivity contribution is 0.0696. The molecule has 0 aliphatic heterocycles. The largest absolute Gasteiger partial charge is 0.496 e. The van der Waals surface area contributed by atoms with Crippen LogP contribution >= 0.6 is 0 Å². The second kappa shape index (κ2) is 3.06. The molecule has 0 radical (unpaired) electrons. The zero-order valence-electron chi connectivity index (χ0n) is 7.48. The number of benzene rings is 1. The number of rotatable bonds is 2. The summed E-state index contributed by atoms with van der Waals surface area (Å²) in [7, 11) is 1.49. The van der Waals surface area contributed by atoms with Crippen LogP contribution in [0.2, 0.25) is 0 Å². The number of aromatic carboxylic acids is 1. The van der Waals surface area contributed by atoms with E-state index < -0.39 is 5.97 Å². The van der Waals surface area contributed by atoms with Gasteiger partial charge >= 0.3 is 5.97 Å². The Morgan fingerprint density at radius 3 is 2.93 bits per heavy atom.